The predicted octanol–water partition coefficient (Wildman–Crippen LogP) is 3.52. The average molecular weight is 418 g/mol. The van der Waals surface area contributed by atoms with E-state index in [2.05, 4.69) is 16.1 Å². The van der Waals surface area contributed by atoms with Crippen LogP contribution in [0.2, 0.25) is 0 Å². The number of aliphatic hydroxyl groups excluding tert-OH is 1. The molecule has 5 rings (SSSR count). The minimum atomic E-state index is -0.293. The van der Waals surface area contributed by atoms with Crippen molar-refractivity contribution in [3.05, 3.63) is 65.6 Å². The molecule has 7 nitrogen and oxygen atoms in total. The lowest BCUT2D eigenvalue weighted by Crippen LogP contribution is -2.34. The number of hydrogen-bond acceptors (Lipinski definition) is 6. The van der Waals surface area contributed by atoms with Crippen LogP contribution in [0, 0.1) is 0 Å². The molecule has 2 aliphatic rings. The zero-order chi connectivity index (χ0) is 21.4. The lowest BCUT2D eigenvalue weighted by atomic mass is 9.74. The van der Waals surface area contributed by atoms with E-state index in [0.29, 0.717) is 18.8 Å². The van der Waals surface area contributed by atoms with Crippen LogP contribution in [0.4, 0.5) is 0 Å². The molecule has 2 aromatic heterocycles. The Hall–Kier alpha value is -3.19. The van der Waals surface area contributed by atoms with Crippen LogP contribution < -0.4 is 9.47 Å². The molecule has 160 valence electrons. The van der Waals surface area contributed by atoms with Crippen LogP contribution in [0.15, 0.2) is 53.9 Å². The Balaban J connectivity index is 1.61. The summed E-state index contributed by atoms with van der Waals surface area (Å²) < 4.78 is 13.2. The molecule has 0 bridgehead atoms. The van der Waals surface area contributed by atoms with Gasteiger partial charge in [-0.25, -0.2) is 9.67 Å². The fourth-order valence-electron chi connectivity index (χ4n) is 4.67. The average Bonchev–Trinajstić information content (AvgIpc) is 3.34. The highest BCUT2D eigenvalue weighted by atomic mass is 16.5. The van der Waals surface area contributed by atoms with Gasteiger partial charge in [0.1, 0.15) is 0 Å². The van der Waals surface area contributed by atoms with Gasteiger partial charge in [-0.2, -0.15) is 5.10 Å². The normalized spacial score (nSPS) is 22.3. The van der Waals surface area contributed by atoms with E-state index in [0.717, 1.165) is 46.8 Å². The van der Waals surface area contributed by atoms with Crippen molar-refractivity contribution in [3.8, 4) is 17.3 Å². The van der Waals surface area contributed by atoms with Gasteiger partial charge in [0.25, 0.3) is 0 Å². The molecule has 3 atom stereocenters. The fourth-order valence-corrected chi connectivity index (χ4v) is 4.67. The highest BCUT2D eigenvalue weighted by Gasteiger charge is 2.37. The zero-order valence-electron chi connectivity index (χ0n) is 17.7. The largest absolute Gasteiger partial charge is 0.493 e. The molecular weight excluding hydrogens is 392 g/mol. The second-order valence-electron chi connectivity index (χ2n) is 8.00. The number of nitrogens with zero attached hydrogens (tertiary/aromatic N) is 4. The Morgan fingerprint density at radius 3 is 2.81 bits per heavy atom. The van der Waals surface area contributed by atoms with Gasteiger partial charge >= 0.3 is 0 Å². The fraction of sp³-hybridized carbons (Fsp3) is 0.375. The topological polar surface area (TPSA) is 81.8 Å². The molecule has 1 N–H and O–H groups in total. The number of fused-ring (bicyclic) bond motifs is 3. The molecule has 3 unspecified atom stereocenters. The number of rotatable bonds is 5. The first kappa shape index (κ1) is 19.8. The Kier molecular flexibility index (Phi) is 5.19. The molecule has 0 spiro atoms. The molecule has 1 saturated carbocycles. The van der Waals surface area contributed by atoms with Gasteiger partial charge in [0, 0.05) is 35.6 Å². The summed E-state index contributed by atoms with van der Waals surface area (Å²) >= 11 is 0. The molecule has 3 aromatic rings. The number of aliphatic imine (C=N–C) groups is 1. The number of aliphatic hydroxyl groups is 1. The minimum Gasteiger partial charge on any atom is -0.493 e. The lowest BCUT2D eigenvalue weighted by Gasteiger charge is -2.37. The van der Waals surface area contributed by atoms with E-state index in [1.807, 2.05) is 43.6 Å². The number of aromatic nitrogens is 3. The zero-order valence-corrected chi connectivity index (χ0v) is 17.7. The molecule has 1 fully saturated rings. The Morgan fingerprint density at radius 2 is 2.10 bits per heavy atom. The maximum Gasteiger partial charge on any atom is 0.161 e. The van der Waals surface area contributed by atoms with Crippen molar-refractivity contribution in [2.24, 2.45) is 4.99 Å². The molecule has 31 heavy (non-hydrogen) atoms. The van der Waals surface area contributed by atoms with Gasteiger partial charge in [-0.15, -0.1) is 0 Å². The van der Waals surface area contributed by atoms with Crippen molar-refractivity contribution in [3.63, 3.8) is 0 Å². The first-order valence-corrected chi connectivity index (χ1v) is 10.7. The highest BCUT2D eigenvalue weighted by molar-refractivity contribution is 6.14. The van der Waals surface area contributed by atoms with Gasteiger partial charge in [0.2, 0.25) is 0 Å². The number of benzene rings is 1. The molecule has 3 heterocycles. The van der Waals surface area contributed by atoms with Gasteiger partial charge in [-0.05, 0) is 62.1 Å². The quantitative estimate of drug-likeness (QED) is 0.686. The monoisotopic (exact) mass is 418 g/mol. The summed E-state index contributed by atoms with van der Waals surface area (Å²) in [4.78, 5) is 9.74. The maximum absolute atomic E-state index is 10.3. The van der Waals surface area contributed by atoms with Gasteiger partial charge in [0.05, 0.1) is 31.6 Å². The lowest BCUT2D eigenvalue weighted by molar-refractivity contribution is 0.111. The molecule has 7 heteroatoms. The Morgan fingerprint density at radius 1 is 1.19 bits per heavy atom. The standard InChI is InChI=1S/C24H26N4O3/c1-3-31-22-12-17-18-11-16(29)6-7-20(18)27-24(19(17)13-21(22)30-2)15-5-8-23(25-14-15)28-10-4-9-26-28/h4-5,8-10,12-14,16,18,20,29H,3,6-7,11H2,1-2H3. The van der Waals surface area contributed by atoms with Crippen molar-refractivity contribution in [1.29, 1.82) is 0 Å². The number of methoxy groups -OCH3 is 1. The van der Waals surface area contributed by atoms with E-state index in [9.17, 15) is 5.11 Å². The van der Waals surface area contributed by atoms with Crippen molar-refractivity contribution < 1.29 is 14.6 Å². The third-order valence-corrected chi connectivity index (χ3v) is 6.13. The van der Waals surface area contributed by atoms with Crippen LogP contribution in [-0.4, -0.2) is 51.4 Å². The van der Waals surface area contributed by atoms with E-state index < -0.39 is 0 Å². The Labute approximate surface area is 181 Å². The smallest absolute Gasteiger partial charge is 0.161 e. The first-order valence-electron chi connectivity index (χ1n) is 10.7. The summed E-state index contributed by atoms with van der Waals surface area (Å²) in [5.41, 5.74) is 4.04. The van der Waals surface area contributed by atoms with Gasteiger partial charge in [-0.3, -0.25) is 4.99 Å². The third kappa shape index (κ3) is 3.59. The second-order valence-corrected chi connectivity index (χ2v) is 8.00. The van der Waals surface area contributed by atoms with Crippen molar-refractivity contribution in [1.82, 2.24) is 14.8 Å². The third-order valence-electron chi connectivity index (χ3n) is 6.13. The van der Waals surface area contributed by atoms with Crippen molar-refractivity contribution in [2.75, 3.05) is 13.7 Å². The number of pyridine rings is 1. The van der Waals surface area contributed by atoms with Gasteiger partial charge in [0.15, 0.2) is 17.3 Å². The van der Waals surface area contributed by atoms with E-state index in [-0.39, 0.29) is 18.1 Å². The second kappa shape index (κ2) is 8.15. The summed E-state index contributed by atoms with van der Waals surface area (Å²) in [6, 6.07) is 10.1. The van der Waals surface area contributed by atoms with E-state index >= 15 is 0 Å². The molecule has 1 aromatic carbocycles. The number of ether oxygens (including phenoxy) is 2. The van der Waals surface area contributed by atoms with Crippen molar-refractivity contribution >= 4 is 5.71 Å². The Bertz CT molecular complexity index is 1090. The summed E-state index contributed by atoms with van der Waals surface area (Å²) in [6.45, 7) is 2.53. The van der Waals surface area contributed by atoms with Crippen LogP contribution in [0.1, 0.15) is 48.8 Å². The SMILES string of the molecule is CCOc1cc2c(cc1OC)C(c1ccc(-n3cccn3)nc1)=NC1CCC(O)CC21. The number of hydrogen-bond donors (Lipinski definition) is 1. The highest BCUT2D eigenvalue weighted by Crippen LogP contribution is 2.44. The predicted molar refractivity (Wildman–Crippen MR) is 118 cm³/mol. The van der Waals surface area contributed by atoms with E-state index in [1.165, 1.54) is 0 Å². The molecule has 1 aliphatic heterocycles. The van der Waals surface area contributed by atoms with Crippen LogP contribution >= 0.6 is 0 Å². The van der Waals surface area contributed by atoms with Gasteiger partial charge < -0.3 is 14.6 Å². The van der Waals surface area contributed by atoms with E-state index in [4.69, 9.17) is 14.5 Å². The summed E-state index contributed by atoms with van der Waals surface area (Å²) in [7, 11) is 1.65. The molecular formula is C24H26N4O3. The summed E-state index contributed by atoms with van der Waals surface area (Å²) in [6.07, 6.45) is 7.51. The summed E-state index contributed by atoms with van der Waals surface area (Å²) in [5, 5.41) is 14.6. The van der Waals surface area contributed by atoms with Crippen LogP contribution in [-0.2, 0) is 0 Å². The van der Waals surface area contributed by atoms with Gasteiger partial charge in [-0.1, -0.05) is 0 Å². The molecule has 0 amide bonds. The van der Waals surface area contributed by atoms with Crippen LogP contribution in [0.25, 0.3) is 5.82 Å². The molecule has 0 radical (unpaired) electrons. The molecule has 1 aliphatic carbocycles. The summed E-state index contributed by atoms with van der Waals surface area (Å²) in [5.74, 6) is 2.34. The first-order chi connectivity index (χ1) is 15.2. The van der Waals surface area contributed by atoms with Crippen LogP contribution in [0.5, 0.6) is 11.5 Å². The molecule has 0 saturated heterocycles. The van der Waals surface area contributed by atoms with E-state index in [1.54, 1.807) is 18.0 Å². The van der Waals surface area contributed by atoms with Crippen molar-refractivity contribution in [2.45, 2.75) is 44.2 Å². The minimum absolute atomic E-state index is 0.138. The maximum atomic E-state index is 10.3. The van der Waals surface area contributed by atoms with Crippen LogP contribution in [0.3, 0.4) is 0 Å².